The van der Waals surface area contributed by atoms with Crippen LogP contribution in [-0.4, -0.2) is 18.2 Å². The van der Waals surface area contributed by atoms with Crippen molar-refractivity contribution < 1.29 is 28.0 Å². The highest BCUT2D eigenvalue weighted by Gasteiger charge is 2.66. The number of carbonyl (C=O) groups is 1. The van der Waals surface area contributed by atoms with Crippen LogP contribution in [0.2, 0.25) is 0 Å². The van der Waals surface area contributed by atoms with Crippen LogP contribution in [0.5, 0.6) is 0 Å². The summed E-state index contributed by atoms with van der Waals surface area (Å²) < 4.78 is 44.8. The summed E-state index contributed by atoms with van der Waals surface area (Å²) >= 11 is 0. The first-order valence-corrected chi connectivity index (χ1v) is 12.8. The molecule has 0 unspecified atom stereocenters. The number of carboxylic acids is 1. The van der Waals surface area contributed by atoms with Gasteiger partial charge >= 0.3 is 13.1 Å². The van der Waals surface area contributed by atoms with E-state index in [1.807, 2.05) is 121 Å². The number of carboxylic acid groups (broad SMARTS) is 1. The van der Waals surface area contributed by atoms with Crippen LogP contribution in [0.25, 0.3) is 0 Å². The Morgan fingerprint density at radius 1 is 0.575 bits per heavy atom. The van der Waals surface area contributed by atoms with Crippen molar-refractivity contribution in [1.29, 1.82) is 0 Å². The van der Waals surface area contributed by atoms with Crippen LogP contribution in [0.15, 0.2) is 133 Å². The van der Waals surface area contributed by atoms with Crippen LogP contribution < -0.4 is 5.46 Å². The predicted octanol–water partition coefficient (Wildman–Crippen LogP) is 6.29. The number of hydrogen-bond acceptors (Lipinski definition) is 3. The van der Waals surface area contributed by atoms with Gasteiger partial charge in [-0.25, -0.2) is 13.6 Å². The molecule has 1 saturated heterocycles. The van der Waals surface area contributed by atoms with Gasteiger partial charge in [0.15, 0.2) is 0 Å². The van der Waals surface area contributed by atoms with E-state index in [0.29, 0.717) is 22.3 Å². The summed E-state index contributed by atoms with van der Waals surface area (Å²) in [5.41, 5.74) is -1.03. The van der Waals surface area contributed by atoms with E-state index < -0.39 is 47.0 Å². The molecule has 0 spiro atoms. The van der Waals surface area contributed by atoms with Gasteiger partial charge in [0, 0.05) is 0 Å². The fourth-order valence-corrected chi connectivity index (χ4v) is 5.67. The number of hydrogen-bond donors (Lipinski definition) is 1. The van der Waals surface area contributed by atoms with Crippen molar-refractivity contribution in [2.24, 2.45) is 0 Å². The molecule has 40 heavy (non-hydrogen) atoms. The number of halogens is 2. The third kappa shape index (κ3) is 3.94. The highest BCUT2D eigenvalue weighted by molar-refractivity contribution is 6.62. The topological polar surface area (TPSA) is 55.8 Å². The first kappa shape index (κ1) is 25.7. The van der Waals surface area contributed by atoms with E-state index in [0.717, 1.165) is 12.1 Å². The quantitative estimate of drug-likeness (QED) is 0.261. The van der Waals surface area contributed by atoms with Crippen molar-refractivity contribution in [3.8, 4) is 0 Å². The van der Waals surface area contributed by atoms with E-state index in [-0.39, 0.29) is 0 Å². The Hall–Kier alpha value is -4.59. The normalized spacial score (nSPS) is 15.6. The fraction of sp³-hybridized carbons (Fsp3) is 0.0606. The van der Waals surface area contributed by atoms with Gasteiger partial charge in [-0.05, 0) is 34.4 Å². The lowest BCUT2D eigenvalue weighted by Crippen LogP contribution is -2.48. The number of aromatic carboxylic acids is 1. The van der Waals surface area contributed by atoms with E-state index in [9.17, 15) is 9.90 Å². The molecule has 1 aliphatic rings. The van der Waals surface area contributed by atoms with Gasteiger partial charge in [0.1, 0.15) is 22.8 Å². The Kier molecular flexibility index (Phi) is 6.54. The van der Waals surface area contributed by atoms with Crippen LogP contribution in [0.1, 0.15) is 32.6 Å². The molecule has 196 valence electrons. The van der Waals surface area contributed by atoms with Gasteiger partial charge in [0.2, 0.25) is 0 Å². The van der Waals surface area contributed by atoms with Crippen LogP contribution in [0, 0.1) is 11.6 Å². The maximum absolute atomic E-state index is 15.6. The zero-order valence-electron chi connectivity index (χ0n) is 21.2. The molecule has 4 nitrogen and oxygen atoms in total. The molecule has 0 radical (unpaired) electrons. The lowest BCUT2D eigenvalue weighted by atomic mass is 9.66. The standard InChI is InChI=1S/C33H23BF2O4/c35-28-21-23(31(37)38)22-29(36)30(28)34-39-32(24-13-5-1-6-14-24,25-15-7-2-8-16-25)33(40-34,26-17-9-3-10-18-26)27-19-11-4-12-20-27/h1-22H,(H,37,38). The molecule has 0 aromatic heterocycles. The van der Waals surface area contributed by atoms with Crippen molar-refractivity contribution in [3.63, 3.8) is 0 Å². The average molecular weight is 532 g/mol. The molecule has 0 atom stereocenters. The Bertz CT molecular complexity index is 1460. The number of rotatable bonds is 6. The molecule has 1 aliphatic heterocycles. The zero-order chi connectivity index (χ0) is 27.7. The summed E-state index contributed by atoms with van der Waals surface area (Å²) in [6, 6.07) is 39.3. The molecule has 0 saturated carbocycles. The largest absolute Gasteiger partial charge is 0.501 e. The Morgan fingerprint density at radius 3 is 1.15 bits per heavy atom. The molecule has 1 heterocycles. The zero-order valence-corrected chi connectivity index (χ0v) is 21.2. The van der Waals surface area contributed by atoms with Gasteiger partial charge in [-0.2, -0.15) is 0 Å². The van der Waals surface area contributed by atoms with E-state index in [1.54, 1.807) is 0 Å². The summed E-state index contributed by atoms with van der Waals surface area (Å²) in [6.45, 7) is 0. The maximum atomic E-state index is 15.6. The third-order valence-electron chi connectivity index (χ3n) is 7.35. The van der Waals surface area contributed by atoms with Gasteiger partial charge < -0.3 is 14.4 Å². The average Bonchev–Trinajstić information content (AvgIpc) is 3.36. The van der Waals surface area contributed by atoms with Gasteiger partial charge in [0.25, 0.3) is 0 Å². The van der Waals surface area contributed by atoms with Crippen molar-refractivity contribution in [2.45, 2.75) is 11.2 Å². The molecule has 0 aliphatic carbocycles. The van der Waals surface area contributed by atoms with Crippen LogP contribution >= 0.6 is 0 Å². The Labute approximate surface area is 230 Å². The lowest BCUT2D eigenvalue weighted by Gasteiger charge is -2.46. The first-order chi connectivity index (χ1) is 19.5. The highest BCUT2D eigenvalue weighted by atomic mass is 19.1. The van der Waals surface area contributed by atoms with Crippen molar-refractivity contribution in [3.05, 3.63) is 173 Å². The van der Waals surface area contributed by atoms with Crippen LogP contribution in [-0.2, 0) is 20.5 Å². The molecule has 0 amide bonds. The lowest BCUT2D eigenvalue weighted by molar-refractivity contribution is 0.00370. The molecule has 0 bridgehead atoms. The van der Waals surface area contributed by atoms with E-state index in [2.05, 4.69) is 0 Å². The van der Waals surface area contributed by atoms with E-state index in [1.165, 1.54) is 0 Å². The maximum Gasteiger partial charge on any atom is 0.501 e. The third-order valence-corrected chi connectivity index (χ3v) is 7.35. The first-order valence-electron chi connectivity index (χ1n) is 12.8. The summed E-state index contributed by atoms with van der Waals surface area (Å²) in [5, 5.41) is 9.35. The van der Waals surface area contributed by atoms with Crippen LogP contribution in [0.4, 0.5) is 8.78 Å². The Morgan fingerprint density at radius 2 is 0.875 bits per heavy atom. The second-order valence-corrected chi connectivity index (χ2v) is 9.55. The molecule has 5 aromatic carbocycles. The second-order valence-electron chi connectivity index (χ2n) is 9.55. The number of benzene rings is 5. The highest BCUT2D eigenvalue weighted by Crippen LogP contribution is 2.58. The summed E-state index contributed by atoms with van der Waals surface area (Å²) in [4.78, 5) is 11.5. The fourth-order valence-electron chi connectivity index (χ4n) is 5.67. The van der Waals surface area contributed by atoms with Gasteiger partial charge in [-0.15, -0.1) is 0 Å². The Balaban J connectivity index is 1.73. The van der Waals surface area contributed by atoms with Gasteiger partial charge in [0.05, 0.1) is 11.0 Å². The molecular formula is C33H23BF2O4. The monoisotopic (exact) mass is 532 g/mol. The predicted molar refractivity (Wildman–Crippen MR) is 148 cm³/mol. The minimum atomic E-state index is -1.54. The smallest absolute Gasteiger partial charge is 0.478 e. The molecule has 1 fully saturated rings. The summed E-state index contributed by atoms with van der Waals surface area (Å²) in [6.07, 6.45) is 0. The molecule has 7 heteroatoms. The van der Waals surface area contributed by atoms with Crippen molar-refractivity contribution in [1.82, 2.24) is 0 Å². The van der Waals surface area contributed by atoms with Crippen molar-refractivity contribution >= 4 is 18.6 Å². The van der Waals surface area contributed by atoms with Gasteiger partial charge in [-0.3, -0.25) is 0 Å². The van der Waals surface area contributed by atoms with Gasteiger partial charge in [-0.1, -0.05) is 121 Å². The SMILES string of the molecule is O=C(O)c1cc(F)c(B2OC(c3ccccc3)(c3ccccc3)C(c3ccccc3)(c3ccccc3)O2)c(F)c1. The molecule has 5 aromatic rings. The summed E-state index contributed by atoms with van der Waals surface area (Å²) in [5.74, 6) is -3.59. The van der Waals surface area contributed by atoms with E-state index in [4.69, 9.17) is 9.31 Å². The molecular weight excluding hydrogens is 509 g/mol. The second kappa shape index (κ2) is 10.2. The van der Waals surface area contributed by atoms with E-state index >= 15 is 8.78 Å². The summed E-state index contributed by atoms with van der Waals surface area (Å²) in [7, 11) is -1.54. The minimum Gasteiger partial charge on any atom is -0.478 e. The minimum absolute atomic E-state index is 0.505. The van der Waals surface area contributed by atoms with Crippen molar-refractivity contribution in [2.75, 3.05) is 0 Å². The molecule has 1 N–H and O–H groups in total. The van der Waals surface area contributed by atoms with Crippen LogP contribution in [0.3, 0.4) is 0 Å². The molecule has 6 rings (SSSR count).